The molecule has 0 aliphatic rings. The molecule has 1 aromatic heterocycles. The molecule has 1 heterocycles. The molecular formula is C21H27ClN4O4S2. The minimum atomic E-state index is -3.56. The summed E-state index contributed by atoms with van der Waals surface area (Å²) in [5.41, 5.74) is 1.10. The number of nitrogens with zero attached hydrogens (tertiary/aromatic N) is 4. The quantitative estimate of drug-likeness (QED) is 0.474. The highest BCUT2D eigenvalue weighted by Gasteiger charge is 2.23. The van der Waals surface area contributed by atoms with E-state index in [-0.39, 0.29) is 23.2 Å². The van der Waals surface area contributed by atoms with Crippen LogP contribution < -0.4 is 9.64 Å². The highest BCUT2D eigenvalue weighted by molar-refractivity contribution is 7.89. The van der Waals surface area contributed by atoms with E-state index in [1.54, 1.807) is 12.0 Å². The lowest BCUT2D eigenvalue weighted by Crippen LogP contribution is -2.36. The molecule has 0 spiro atoms. The number of thiazole rings is 1. The monoisotopic (exact) mass is 498 g/mol. The number of fused-ring (bicyclic) bond motifs is 1. The molecule has 0 bridgehead atoms. The van der Waals surface area contributed by atoms with Crippen LogP contribution in [-0.4, -0.2) is 76.9 Å². The van der Waals surface area contributed by atoms with Crippen molar-refractivity contribution in [2.75, 3.05) is 53.3 Å². The number of anilines is 1. The largest absolute Gasteiger partial charge is 0.494 e. The summed E-state index contributed by atoms with van der Waals surface area (Å²) < 4.78 is 32.1. The standard InChI is InChI=1S/C21H26N4O4S2.ClH/c1-23(2)13-14-25(21-22-19-17(29-5)7-6-8-18(19)30-21)20(26)15-9-11-16(12-10-15)31(27,28)24(3)4;/h6-12H,13-14H2,1-5H3;1H. The Kier molecular flexibility index (Phi) is 8.60. The van der Waals surface area contributed by atoms with Gasteiger partial charge >= 0.3 is 0 Å². The average molecular weight is 499 g/mol. The number of likely N-dealkylation sites (N-methyl/N-ethyl adjacent to an activating group) is 1. The Morgan fingerprint density at radius 1 is 1.03 bits per heavy atom. The van der Waals surface area contributed by atoms with E-state index in [1.807, 2.05) is 37.2 Å². The van der Waals surface area contributed by atoms with Crippen LogP contribution >= 0.6 is 23.7 Å². The molecule has 32 heavy (non-hydrogen) atoms. The van der Waals surface area contributed by atoms with Crippen LogP contribution in [0.25, 0.3) is 10.2 Å². The van der Waals surface area contributed by atoms with E-state index >= 15 is 0 Å². The molecule has 8 nitrogen and oxygen atoms in total. The lowest BCUT2D eigenvalue weighted by molar-refractivity contribution is 0.0985. The molecule has 174 valence electrons. The van der Waals surface area contributed by atoms with Gasteiger partial charge in [0.05, 0.1) is 16.7 Å². The lowest BCUT2D eigenvalue weighted by atomic mass is 10.2. The van der Waals surface area contributed by atoms with Crippen LogP contribution in [0.1, 0.15) is 10.4 Å². The molecule has 0 saturated carbocycles. The highest BCUT2D eigenvalue weighted by atomic mass is 35.5. The Bertz CT molecular complexity index is 1180. The van der Waals surface area contributed by atoms with Gasteiger partial charge in [-0.25, -0.2) is 17.7 Å². The molecule has 0 atom stereocenters. The molecule has 0 N–H and O–H groups in total. The van der Waals surface area contributed by atoms with Crippen molar-refractivity contribution in [3.05, 3.63) is 48.0 Å². The number of ether oxygens (including phenoxy) is 1. The van der Waals surface area contributed by atoms with Crippen LogP contribution in [0.2, 0.25) is 0 Å². The number of aromatic nitrogens is 1. The Hall–Kier alpha value is -2.24. The summed E-state index contributed by atoms with van der Waals surface area (Å²) in [6.07, 6.45) is 0. The number of para-hydroxylation sites is 1. The summed E-state index contributed by atoms with van der Waals surface area (Å²) in [5, 5.41) is 0.566. The summed E-state index contributed by atoms with van der Waals surface area (Å²) >= 11 is 1.41. The molecule has 0 aliphatic carbocycles. The SMILES string of the molecule is COc1cccc2sc(N(CCN(C)C)C(=O)c3ccc(S(=O)(=O)N(C)C)cc3)nc12.Cl. The predicted octanol–water partition coefficient (Wildman–Crippen LogP) is 3.19. The molecule has 0 saturated heterocycles. The van der Waals surface area contributed by atoms with E-state index in [2.05, 4.69) is 4.98 Å². The number of rotatable bonds is 8. The van der Waals surface area contributed by atoms with Crippen molar-refractivity contribution in [2.24, 2.45) is 0 Å². The van der Waals surface area contributed by atoms with E-state index in [0.717, 1.165) is 9.01 Å². The van der Waals surface area contributed by atoms with Gasteiger partial charge in [-0.05, 0) is 50.5 Å². The second kappa shape index (κ2) is 10.6. The van der Waals surface area contributed by atoms with Crippen molar-refractivity contribution >= 4 is 55.0 Å². The number of sulfonamides is 1. The van der Waals surface area contributed by atoms with Crippen LogP contribution in [0.4, 0.5) is 5.13 Å². The van der Waals surface area contributed by atoms with Gasteiger partial charge in [-0.15, -0.1) is 12.4 Å². The third-order valence-electron chi connectivity index (χ3n) is 4.72. The zero-order chi connectivity index (χ0) is 22.8. The van der Waals surface area contributed by atoms with Crippen LogP contribution in [-0.2, 0) is 10.0 Å². The fourth-order valence-electron chi connectivity index (χ4n) is 2.91. The van der Waals surface area contributed by atoms with Gasteiger partial charge in [-0.1, -0.05) is 17.4 Å². The van der Waals surface area contributed by atoms with Crippen molar-refractivity contribution in [2.45, 2.75) is 4.90 Å². The van der Waals surface area contributed by atoms with Gasteiger partial charge in [-0.2, -0.15) is 0 Å². The minimum Gasteiger partial charge on any atom is -0.494 e. The van der Waals surface area contributed by atoms with Gasteiger partial charge in [0.2, 0.25) is 10.0 Å². The maximum atomic E-state index is 13.4. The summed E-state index contributed by atoms with van der Waals surface area (Å²) in [5.74, 6) is 0.409. The van der Waals surface area contributed by atoms with Gasteiger partial charge in [0.15, 0.2) is 5.13 Å². The summed E-state index contributed by atoms with van der Waals surface area (Å²) in [7, 11) is 4.84. The Morgan fingerprint density at radius 2 is 1.69 bits per heavy atom. The van der Waals surface area contributed by atoms with Crippen LogP contribution in [0.5, 0.6) is 5.75 Å². The van der Waals surface area contributed by atoms with Crippen LogP contribution in [0.15, 0.2) is 47.4 Å². The normalized spacial score (nSPS) is 11.6. The number of carbonyl (C=O) groups is 1. The smallest absolute Gasteiger partial charge is 0.260 e. The topological polar surface area (TPSA) is 83.0 Å². The molecule has 11 heteroatoms. The lowest BCUT2D eigenvalue weighted by Gasteiger charge is -2.22. The molecule has 0 aliphatic heterocycles. The highest BCUT2D eigenvalue weighted by Crippen LogP contribution is 2.34. The summed E-state index contributed by atoms with van der Waals surface area (Å²) in [6.45, 7) is 1.08. The van der Waals surface area contributed by atoms with E-state index in [4.69, 9.17) is 4.74 Å². The molecule has 1 amide bonds. The fraction of sp³-hybridized carbons (Fsp3) is 0.333. The van der Waals surface area contributed by atoms with Crippen molar-refractivity contribution in [1.82, 2.24) is 14.2 Å². The predicted molar refractivity (Wildman–Crippen MR) is 131 cm³/mol. The molecule has 3 aromatic rings. The first-order chi connectivity index (χ1) is 14.6. The first-order valence-electron chi connectivity index (χ1n) is 9.58. The van der Waals surface area contributed by atoms with Crippen LogP contribution in [0, 0.1) is 0 Å². The first-order valence-corrected chi connectivity index (χ1v) is 11.8. The number of methoxy groups -OCH3 is 1. The molecular weight excluding hydrogens is 472 g/mol. The number of benzene rings is 2. The number of amides is 1. The van der Waals surface area contributed by atoms with Gasteiger partial charge in [0, 0.05) is 32.7 Å². The molecule has 0 radical (unpaired) electrons. The van der Waals surface area contributed by atoms with Gasteiger partial charge < -0.3 is 9.64 Å². The van der Waals surface area contributed by atoms with Crippen molar-refractivity contribution in [3.8, 4) is 5.75 Å². The minimum absolute atomic E-state index is 0. The molecule has 2 aromatic carbocycles. The Balaban J connectivity index is 0.00000363. The Labute approximate surface area is 198 Å². The maximum absolute atomic E-state index is 13.4. The van der Waals surface area contributed by atoms with Crippen molar-refractivity contribution in [1.29, 1.82) is 0 Å². The average Bonchev–Trinajstić information content (AvgIpc) is 3.17. The van der Waals surface area contributed by atoms with E-state index in [9.17, 15) is 13.2 Å². The van der Waals surface area contributed by atoms with Gasteiger partial charge in [0.1, 0.15) is 11.3 Å². The van der Waals surface area contributed by atoms with Gasteiger partial charge in [-0.3, -0.25) is 9.69 Å². The summed E-state index contributed by atoms with van der Waals surface area (Å²) in [4.78, 5) is 21.8. The number of hydrogen-bond donors (Lipinski definition) is 0. The number of hydrogen-bond acceptors (Lipinski definition) is 7. The van der Waals surface area contributed by atoms with Crippen molar-refractivity contribution in [3.63, 3.8) is 0 Å². The van der Waals surface area contributed by atoms with E-state index in [0.29, 0.717) is 35.1 Å². The fourth-order valence-corrected chi connectivity index (χ4v) is 4.82. The molecule has 0 unspecified atom stereocenters. The summed E-state index contributed by atoms with van der Waals surface area (Å²) in [6, 6.07) is 11.6. The second-order valence-corrected chi connectivity index (χ2v) is 10.5. The Morgan fingerprint density at radius 3 is 2.25 bits per heavy atom. The van der Waals surface area contributed by atoms with E-state index in [1.165, 1.54) is 49.7 Å². The van der Waals surface area contributed by atoms with Crippen LogP contribution in [0.3, 0.4) is 0 Å². The first kappa shape index (κ1) is 26.0. The third-order valence-corrected chi connectivity index (χ3v) is 7.59. The zero-order valence-electron chi connectivity index (χ0n) is 18.6. The van der Waals surface area contributed by atoms with E-state index < -0.39 is 10.0 Å². The maximum Gasteiger partial charge on any atom is 0.260 e. The number of carbonyl (C=O) groups excluding carboxylic acids is 1. The number of halogens is 1. The van der Waals surface area contributed by atoms with Gasteiger partial charge in [0.25, 0.3) is 5.91 Å². The zero-order valence-corrected chi connectivity index (χ0v) is 21.1. The van der Waals surface area contributed by atoms with Crippen molar-refractivity contribution < 1.29 is 17.9 Å². The molecule has 0 fully saturated rings. The third kappa shape index (κ3) is 5.38. The second-order valence-electron chi connectivity index (χ2n) is 7.38. The molecule has 3 rings (SSSR count).